The number of nitrogens with zero attached hydrogens (tertiary/aromatic N) is 2. The van der Waals surface area contributed by atoms with Gasteiger partial charge in [-0.1, -0.05) is 0 Å². The molecule has 0 bridgehead atoms. The van der Waals surface area contributed by atoms with Gasteiger partial charge in [-0.25, -0.2) is 0 Å². The summed E-state index contributed by atoms with van der Waals surface area (Å²) in [6.07, 6.45) is 3.02. The molecule has 1 aromatic heterocycles. The minimum Gasteiger partial charge on any atom is -0.395 e. The lowest BCUT2D eigenvalue weighted by Gasteiger charge is -2.26. The number of amides is 1. The average molecular weight is 238 g/mol. The van der Waals surface area contributed by atoms with Crippen molar-refractivity contribution in [3.8, 4) is 0 Å². The number of rotatable bonds is 5. The molecular formula is C11H18N4O2. The maximum Gasteiger partial charge on any atom is 0.256 e. The first-order valence-electron chi connectivity index (χ1n) is 5.44. The summed E-state index contributed by atoms with van der Waals surface area (Å²) in [4.78, 5) is 17.7. The van der Waals surface area contributed by atoms with E-state index in [1.807, 2.05) is 13.8 Å². The van der Waals surface area contributed by atoms with Gasteiger partial charge in [0, 0.05) is 18.8 Å². The van der Waals surface area contributed by atoms with Gasteiger partial charge in [0.25, 0.3) is 5.91 Å². The van der Waals surface area contributed by atoms with Gasteiger partial charge >= 0.3 is 0 Å². The maximum absolute atomic E-state index is 12.2. The highest BCUT2D eigenvalue weighted by atomic mass is 16.3. The number of nitrogen functional groups attached to an aromatic ring is 1. The zero-order valence-corrected chi connectivity index (χ0v) is 10.1. The van der Waals surface area contributed by atoms with Crippen LogP contribution >= 0.6 is 0 Å². The fourth-order valence-corrected chi connectivity index (χ4v) is 1.55. The fraction of sp³-hybridized carbons (Fsp3) is 0.455. The number of hydrogen-bond donors (Lipinski definition) is 3. The molecule has 0 saturated carbocycles. The molecule has 1 amide bonds. The van der Waals surface area contributed by atoms with Gasteiger partial charge in [0.15, 0.2) is 0 Å². The number of nitrogens with one attached hydrogen (secondary N) is 1. The minimum atomic E-state index is -0.176. The molecule has 0 saturated heterocycles. The van der Waals surface area contributed by atoms with Crippen LogP contribution in [0, 0.1) is 0 Å². The molecule has 1 rings (SSSR count). The van der Waals surface area contributed by atoms with Crippen molar-refractivity contribution >= 4 is 11.6 Å². The molecule has 0 aliphatic heterocycles. The summed E-state index contributed by atoms with van der Waals surface area (Å²) in [5.41, 5.74) is 3.36. The molecule has 4 N–H and O–H groups in total. The van der Waals surface area contributed by atoms with E-state index < -0.39 is 0 Å². The Kier molecular flexibility index (Phi) is 4.86. The van der Waals surface area contributed by atoms with Crippen LogP contribution in [0.3, 0.4) is 0 Å². The summed E-state index contributed by atoms with van der Waals surface area (Å²) in [7, 11) is 0. The Balaban J connectivity index is 3.00. The second-order valence-electron chi connectivity index (χ2n) is 3.88. The zero-order chi connectivity index (χ0) is 12.8. The highest BCUT2D eigenvalue weighted by Gasteiger charge is 2.20. The van der Waals surface area contributed by atoms with Gasteiger partial charge < -0.3 is 15.4 Å². The highest BCUT2D eigenvalue weighted by molar-refractivity contribution is 5.99. The Morgan fingerprint density at radius 1 is 1.65 bits per heavy atom. The van der Waals surface area contributed by atoms with Crippen LogP contribution in [0.5, 0.6) is 0 Å². The number of aliphatic hydroxyl groups excluding tert-OH is 1. The third-order valence-electron chi connectivity index (χ3n) is 2.43. The standard InChI is InChI=1S/C11H18N4O2/c1-8(2)15(5-6-16)11(17)9-3-4-13-7-10(9)14-12/h3-4,7-8,14,16H,5-6,12H2,1-2H3. The molecule has 0 aliphatic carbocycles. The Bertz CT molecular complexity index is 381. The van der Waals surface area contributed by atoms with E-state index in [1.54, 1.807) is 11.0 Å². The van der Waals surface area contributed by atoms with Gasteiger partial charge in [-0.3, -0.25) is 15.6 Å². The van der Waals surface area contributed by atoms with Crippen molar-refractivity contribution in [1.29, 1.82) is 0 Å². The van der Waals surface area contributed by atoms with E-state index in [2.05, 4.69) is 10.4 Å². The van der Waals surface area contributed by atoms with Crippen molar-refractivity contribution < 1.29 is 9.90 Å². The Labute approximate surface area is 100 Å². The highest BCUT2D eigenvalue weighted by Crippen LogP contribution is 2.16. The number of pyridine rings is 1. The molecule has 6 heteroatoms. The van der Waals surface area contributed by atoms with Crippen molar-refractivity contribution in [2.75, 3.05) is 18.6 Å². The predicted octanol–water partition coefficient (Wildman–Crippen LogP) is 0.210. The summed E-state index contributed by atoms with van der Waals surface area (Å²) in [6.45, 7) is 4.01. The maximum atomic E-state index is 12.2. The lowest BCUT2D eigenvalue weighted by atomic mass is 10.1. The van der Waals surface area contributed by atoms with E-state index in [9.17, 15) is 4.79 Å². The van der Waals surface area contributed by atoms with Crippen LogP contribution in [0.2, 0.25) is 0 Å². The molecule has 0 aromatic carbocycles. The summed E-state index contributed by atoms with van der Waals surface area (Å²) in [5, 5.41) is 8.96. The van der Waals surface area contributed by atoms with E-state index in [0.29, 0.717) is 17.8 Å². The predicted molar refractivity (Wildman–Crippen MR) is 65.3 cm³/mol. The van der Waals surface area contributed by atoms with Gasteiger partial charge in [-0.2, -0.15) is 0 Å². The van der Waals surface area contributed by atoms with Crippen molar-refractivity contribution in [1.82, 2.24) is 9.88 Å². The molecular weight excluding hydrogens is 220 g/mol. The van der Waals surface area contributed by atoms with Crippen LogP contribution < -0.4 is 11.3 Å². The lowest BCUT2D eigenvalue weighted by molar-refractivity contribution is 0.0666. The van der Waals surface area contributed by atoms with Crippen molar-refractivity contribution in [2.24, 2.45) is 5.84 Å². The number of carbonyl (C=O) groups is 1. The molecule has 0 aliphatic rings. The first kappa shape index (κ1) is 13.4. The van der Waals surface area contributed by atoms with Gasteiger partial charge in [-0.05, 0) is 19.9 Å². The summed E-state index contributed by atoms with van der Waals surface area (Å²) >= 11 is 0. The molecule has 94 valence electrons. The Morgan fingerprint density at radius 2 is 2.35 bits per heavy atom. The van der Waals surface area contributed by atoms with Crippen molar-refractivity contribution in [3.63, 3.8) is 0 Å². The Morgan fingerprint density at radius 3 is 2.88 bits per heavy atom. The summed E-state index contributed by atoms with van der Waals surface area (Å²) in [6, 6.07) is 1.61. The van der Waals surface area contributed by atoms with E-state index in [4.69, 9.17) is 10.9 Å². The fourth-order valence-electron chi connectivity index (χ4n) is 1.55. The van der Waals surface area contributed by atoms with Crippen LogP contribution in [0.15, 0.2) is 18.5 Å². The number of nitrogens with two attached hydrogens (primary N) is 1. The van der Waals surface area contributed by atoms with Crippen LogP contribution in [0.4, 0.5) is 5.69 Å². The zero-order valence-electron chi connectivity index (χ0n) is 10.1. The minimum absolute atomic E-state index is 0.00781. The van der Waals surface area contributed by atoms with E-state index >= 15 is 0 Å². The third-order valence-corrected chi connectivity index (χ3v) is 2.43. The topological polar surface area (TPSA) is 91.5 Å². The number of aliphatic hydroxyl groups is 1. The molecule has 0 spiro atoms. The molecule has 1 heterocycles. The van der Waals surface area contributed by atoms with Gasteiger partial charge in [0.1, 0.15) is 0 Å². The lowest BCUT2D eigenvalue weighted by Crippen LogP contribution is -2.39. The summed E-state index contributed by atoms with van der Waals surface area (Å²) < 4.78 is 0. The van der Waals surface area contributed by atoms with Crippen LogP contribution in [0.1, 0.15) is 24.2 Å². The van der Waals surface area contributed by atoms with E-state index in [0.717, 1.165) is 0 Å². The molecule has 0 unspecified atom stereocenters. The van der Waals surface area contributed by atoms with Gasteiger partial charge in [-0.15, -0.1) is 0 Å². The van der Waals surface area contributed by atoms with Crippen LogP contribution in [0.25, 0.3) is 0 Å². The second kappa shape index (κ2) is 6.17. The Hall–Kier alpha value is -1.66. The smallest absolute Gasteiger partial charge is 0.256 e. The van der Waals surface area contributed by atoms with Crippen LogP contribution in [-0.2, 0) is 0 Å². The van der Waals surface area contributed by atoms with E-state index in [1.165, 1.54) is 12.4 Å². The SMILES string of the molecule is CC(C)N(CCO)C(=O)c1ccncc1NN. The van der Waals surface area contributed by atoms with Gasteiger partial charge in [0.2, 0.25) is 0 Å². The molecule has 17 heavy (non-hydrogen) atoms. The first-order chi connectivity index (χ1) is 8.11. The number of hydrazine groups is 1. The van der Waals surface area contributed by atoms with Crippen molar-refractivity contribution in [2.45, 2.75) is 19.9 Å². The summed E-state index contributed by atoms with van der Waals surface area (Å²) in [5.74, 6) is 5.15. The van der Waals surface area contributed by atoms with Gasteiger partial charge in [0.05, 0.1) is 24.1 Å². The molecule has 0 atom stereocenters. The number of anilines is 1. The molecule has 6 nitrogen and oxygen atoms in total. The quantitative estimate of drug-likeness (QED) is 0.504. The molecule has 1 aromatic rings. The largest absolute Gasteiger partial charge is 0.395 e. The molecule has 0 fully saturated rings. The first-order valence-corrected chi connectivity index (χ1v) is 5.44. The third kappa shape index (κ3) is 3.15. The van der Waals surface area contributed by atoms with E-state index in [-0.39, 0.29) is 18.6 Å². The average Bonchev–Trinajstić information content (AvgIpc) is 2.34. The number of hydrogen-bond acceptors (Lipinski definition) is 5. The number of aromatic nitrogens is 1. The monoisotopic (exact) mass is 238 g/mol. The second-order valence-corrected chi connectivity index (χ2v) is 3.88. The van der Waals surface area contributed by atoms with Crippen molar-refractivity contribution in [3.05, 3.63) is 24.0 Å². The van der Waals surface area contributed by atoms with Crippen LogP contribution in [-0.4, -0.2) is 40.1 Å². The normalized spacial score (nSPS) is 10.4. The molecule has 0 radical (unpaired) electrons. The number of carbonyl (C=O) groups excluding carboxylic acids is 1.